The van der Waals surface area contributed by atoms with Crippen molar-refractivity contribution in [3.05, 3.63) is 36.2 Å². The van der Waals surface area contributed by atoms with Crippen molar-refractivity contribution >= 4 is 6.08 Å². The molecule has 0 bridgehead atoms. The fraction of sp³-hybridized carbons (Fsp3) is 0.300. The highest BCUT2D eigenvalue weighted by molar-refractivity contribution is 5.48. The van der Waals surface area contributed by atoms with E-state index in [-0.39, 0.29) is 0 Å². The van der Waals surface area contributed by atoms with Crippen LogP contribution in [0.3, 0.4) is 0 Å². The first-order chi connectivity index (χ1) is 5.92. The van der Waals surface area contributed by atoms with Crippen LogP contribution in [0.15, 0.2) is 24.9 Å². The summed E-state index contributed by atoms with van der Waals surface area (Å²) in [5.74, 6) is 0. The number of nitrogens with one attached hydrogen (secondary N) is 1. The average molecular weight is 160 g/mol. The van der Waals surface area contributed by atoms with Crippen LogP contribution < -0.4 is 5.32 Å². The number of aromatic nitrogens is 1. The molecule has 0 aliphatic carbocycles. The molecule has 1 fully saturated rings. The molecule has 2 heterocycles. The first-order valence-corrected chi connectivity index (χ1v) is 4.22. The van der Waals surface area contributed by atoms with Crippen molar-refractivity contribution in [2.45, 2.75) is 12.5 Å². The normalized spacial score (nSPS) is 21.5. The monoisotopic (exact) mass is 160 g/mol. The summed E-state index contributed by atoms with van der Waals surface area (Å²) in [7, 11) is 0. The van der Waals surface area contributed by atoms with Gasteiger partial charge in [0.1, 0.15) is 0 Å². The van der Waals surface area contributed by atoms with Crippen LogP contribution >= 0.6 is 0 Å². The van der Waals surface area contributed by atoms with Gasteiger partial charge in [-0.15, -0.1) is 0 Å². The molecule has 1 aliphatic rings. The van der Waals surface area contributed by atoms with Gasteiger partial charge in [-0.25, -0.2) is 0 Å². The van der Waals surface area contributed by atoms with Crippen molar-refractivity contribution in [3.8, 4) is 0 Å². The Hall–Kier alpha value is -1.15. The minimum Gasteiger partial charge on any atom is -0.310 e. The standard InChI is InChI=1S/C10H12N2/c1-2-9-8(4-3-6-11-9)10-5-7-12-10/h2-4,6,10,12H,1,5,7H2/t10-/m0/s1. The van der Waals surface area contributed by atoms with E-state index in [1.165, 1.54) is 12.0 Å². The Kier molecular flexibility index (Phi) is 1.92. The van der Waals surface area contributed by atoms with Crippen molar-refractivity contribution in [1.29, 1.82) is 0 Å². The maximum atomic E-state index is 4.24. The summed E-state index contributed by atoms with van der Waals surface area (Å²) in [5, 5.41) is 3.35. The van der Waals surface area contributed by atoms with Crippen LogP contribution in [0.5, 0.6) is 0 Å². The van der Waals surface area contributed by atoms with Gasteiger partial charge in [0, 0.05) is 12.2 Å². The van der Waals surface area contributed by atoms with Crippen LogP contribution in [-0.4, -0.2) is 11.5 Å². The van der Waals surface area contributed by atoms with E-state index in [1.54, 1.807) is 6.20 Å². The number of pyridine rings is 1. The molecule has 2 rings (SSSR count). The summed E-state index contributed by atoms with van der Waals surface area (Å²) in [6.45, 7) is 4.86. The summed E-state index contributed by atoms with van der Waals surface area (Å²) in [4.78, 5) is 4.24. The SMILES string of the molecule is C=Cc1ncccc1[C@@H]1CCN1. The molecule has 12 heavy (non-hydrogen) atoms. The van der Waals surface area contributed by atoms with Gasteiger partial charge in [0.05, 0.1) is 5.69 Å². The second-order valence-corrected chi connectivity index (χ2v) is 2.98. The van der Waals surface area contributed by atoms with Crippen LogP contribution in [0.1, 0.15) is 23.7 Å². The minimum absolute atomic E-state index is 0.506. The topological polar surface area (TPSA) is 24.9 Å². The molecule has 1 aliphatic heterocycles. The van der Waals surface area contributed by atoms with Crippen molar-refractivity contribution in [2.75, 3.05) is 6.54 Å². The molecule has 0 radical (unpaired) electrons. The highest BCUT2D eigenvalue weighted by Crippen LogP contribution is 2.24. The molecule has 1 aromatic heterocycles. The first kappa shape index (κ1) is 7.50. The van der Waals surface area contributed by atoms with Crippen LogP contribution in [0.25, 0.3) is 6.08 Å². The van der Waals surface area contributed by atoms with E-state index in [9.17, 15) is 0 Å². The summed E-state index contributed by atoms with van der Waals surface area (Å²) in [6.07, 6.45) is 4.83. The van der Waals surface area contributed by atoms with Gasteiger partial charge in [0.15, 0.2) is 0 Å². The fourth-order valence-electron chi connectivity index (χ4n) is 1.45. The summed E-state index contributed by atoms with van der Waals surface area (Å²) >= 11 is 0. The van der Waals surface area contributed by atoms with Gasteiger partial charge in [0.25, 0.3) is 0 Å². The third-order valence-corrected chi connectivity index (χ3v) is 2.26. The second-order valence-electron chi connectivity index (χ2n) is 2.98. The lowest BCUT2D eigenvalue weighted by Crippen LogP contribution is -2.35. The van der Waals surface area contributed by atoms with E-state index in [0.29, 0.717) is 6.04 Å². The van der Waals surface area contributed by atoms with E-state index < -0.39 is 0 Å². The van der Waals surface area contributed by atoms with Crippen LogP contribution in [0, 0.1) is 0 Å². The Morgan fingerprint density at radius 3 is 3.08 bits per heavy atom. The van der Waals surface area contributed by atoms with Crippen LogP contribution in [-0.2, 0) is 0 Å². The molecule has 0 aromatic carbocycles. The molecule has 0 amide bonds. The Bertz CT molecular complexity index is 290. The molecule has 0 saturated carbocycles. The van der Waals surface area contributed by atoms with Gasteiger partial charge in [-0.1, -0.05) is 12.6 Å². The zero-order chi connectivity index (χ0) is 8.39. The summed E-state index contributed by atoms with van der Waals surface area (Å²) in [6, 6.07) is 4.59. The van der Waals surface area contributed by atoms with Crippen molar-refractivity contribution < 1.29 is 0 Å². The number of nitrogens with zero attached hydrogens (tertiary/aromatic N) is 1. The molecule has 62 valence electrons. The van der Waals surface area contributed by atoms with Gasteiger partial charge in [-0.3, -0.25) is 4.98 Å². The van der Waals surface area contributed by atoms with E-state index in [2.05, 4.69) is 22.9 Å². The molecule has 1 saturated heterocycles. The zero-order valence-corrected chi connectivity index (χ0v) is 6.96. The highest BCUT2D eigenvalue weighted by Gasteiger charge is 2.20. The molecule has 1 atom stereocenters. The lowest BCUT2D eigenvalue weighted by atomic mass is 9.97. The molecule has 2 nitrogen and oxygen atoms in total. The molecular formula is C10H12N2. The van der Waals surface area contributed by atoms with Crippen molar-refractivity contribution in [2.24, 2.45) is 0 Å². The van der Waals surface area contributed by atoms with Gasteiger partial charge < -0.3 is 5.32 Å². The van der Waals surface area contributed by atoms with Gasteiger partial charge in [-0.2, -0.15) is 0 Å². The molecule has 1 aromatic rings. The van der Waals surface area contributed by atoms with E-state index in [0.717, 1.165) is 12.2 Å². The first-order valence-electron chi connectivity index (χ1n) is 4.22. The minimum atomic E-state index is 0.506. The van der Waals surface area contributed by atoms with Crippen molar-refractivity contribution in [3.63, 3.8) is 0 Å². The summed E-state index contributed by atoms with van der Waals surface area (Å²) in [5.41, 5.74) is 2.29. The van der Waals surface area contributed by atoms with Gasteiger partial charge >= 0.3 is 0 Å². The lowest BCUT2D eigenvalue weighted by molar-refractivity contribution is 0.382. The molecule has 1 N–H and O–H groups in total. The zero-order valence-electron chi connectivity index (χ0n) is 6.96. The lowest BCUT2D eigenvalue weighted by Gasteiger charge is -2.28. The number of rotatable bonds is 2. The predicted molar refractivity (Wildman–Crippen MR) is 49.7 cm³/mol. The van der Waals surface area contributed by atoms with Crippen molar-refractivity contribution in [1.82, 2.24) is 10.3 Å². The Balaban J connectivity index is 2.33. The second kappa shape index (κ2) is 3.07. The van der Waals surface area contributed by atoms with E-state index in [4.69, 9.17) is 0 Å². The number of hydrogen-bond donors (Lipinski definition) is 1. The third kappa shape index (κ3) is 1.14. The van der Waals surface area contributed by atoms with E-state index in [1.807, 2.05) is 12.1 Å². The Labute approximate surface area is 72.3 Å². The highest BCUT2D eigenvalue weighted by atomic mass is 15.0. The maximum Gasteiger partial charge on any atom is 0.0671 e. The fourth-order valence-corrected chi connectivity index (χ4v) is 1.45. The molecule has 0 spiro atoms. The molecule has 2 heteroatoms. The average Bonchev–Trinajstić information content (AvgIpc) is 2.02. The largest absolute Gasteiger partial charge is 0.310 e. The van der Waals surface area contributed by atoms with Crippen LogP contribution in [0.4, 0.5) is 0 Å². The Morgan fingerprint density at radius 1 is 1.67 bits per heavy atom. The summed E-state index contributed by atoms with van der Waals surface area (Å²) < 4.78 is 0. The smallest absolute Gasteiger partial charge is 0.0671 e. The Morgan fingerprint density at radius 2 is 2.50 bits per heavy atom. The third-order valence-electron chi connectivity index (χ3n) is 2.26. The van der Waals surface area contributed by atoms with Gasteiger partial charge in [-0.05, 0) is 30.7 Å². The van der Waals surface area contributed by atoms with Crippen LogP contribution in [0.2, 0.25) is 0 Å². The van der Waals surface area contributed by atoms with E-state index >= 15 is 0 Å². The quantitative estimate of drug-likeness (QED) is 0.713. The molecular weight excluding hydrogens is 148 g/mol. The molecule has 0 unspecified atom stereocenters. The predicted octanol–water partition coefficient (Wildman–Crippen LogP) is 1.76. The van der Waals surface area contributed by atoms with Gasteiger partial charge in [0.2, 0.25) is 0 Å². The number of hydrogen-bond acceptors (Lipinski definition) is 2. The maximum absolute atomic E-state index is 4.24.